The van der Waals surface area contributed by atoms with E-state index in [1.807, 2.05) is 44.4 Å². The number of hydrogen-bond donors (Lipinski definition) is 1. The Kier molecular flexibility index (Phi) is 5.06. The molecule has 6 nitrogen and oxygen atoms in total. The van der Waals surface area contributed by atoms with Crippen molar-refractivity contribution in [1.29, 1.82) is 0 Å². The van der Waals surface area contributed by atoms with Crippen LogP contribution in [0.25, 0.3) is 21.3 Å². The van der Waals surface area contributed by atoms with Gasteiger partial charge in [-0.05, 0) is 32.9 Å². The molecule has 7 heteroatoms. The van der Waals surface area contributed by atoms with Crippen molar-refractivity contribution >= 4 is 27.5 Å². The summed E-state index contributed by atoms with van der Waals surface area (Å²) in [5, 5.41) is 12.1. The molecular weight excluding hydrogens is 376 g/mol. The number of aromatic nitrogens is 2. The monoisotopic (exact) mass is 400 g/mol. The van der Waals surface area contributed by atoms with Gasteiger partial charge in [0, 0.05) is 22.4 Å². The number of aryl methyl sites for hydroxylation is 1. The third-order valence-corrected chi connectivity index (χ3v) is 5.75. The Labute approximate surface area is 167 Å². The van der Waals surface area contributed by atoms with Crippen LogP contribution in [0.4, 0.5) is 0 Å². The molecule has 0 saturated carbocycles. The van der Waals surface area contributed by atoms with Crippen LogP contribution >= 0.6 is 11.3 Å². The molecule has 0 bridgehead atoms. The lowest BCUT2D eigenvalue weighted by atomic mass is 10.0. The predicted octanol–water partition coefficient (Wildman–Crippen LogP) is 4.39. The first-order valence-electron chi connectivity index (χ1n) is 9.02. The van der Waals surface area contributed by atoms with Crippen LogP contribution in [0.5, 0.6) is 5.75 Å². The van der Waals surface area contributed by atoms with Gasteiger partial charge in [0.2, 0.25) is 0 Å². The molecule has 0 atom stereocenters. The van der Waals surface area contributed by atoms with Gasteiger partial charge < -0.3 is 9.84 Å². The number of hydrogen-bond acceptors (Lipinski definition) is 5. The molecule has 0 amide bonds. The first kappa shape index (κ1) is 20.1. The average molecular weight is 401 g/mol. The Hall–Kier alpha value is -2.67. The molecule has 0 spiro atoms. The highest BCUT2D eigenvalue weighted by Gasteiger charge is 2.35. The van der Waals surface area contributed by atoms with E-state index in [2.05, 4.69) is 4.98 Å². The van der Waals surface area contributed by atoms with Gasteiger partial charge in [-0.25, -0.2) is 9.78 Å². The number of fused-ring (bicyclic) bond motifs is 1. The van der Waals surface area contributed by atoms with Crippen molar-refractivity contribution in [3.8, 4) is 16.9 Å². The minimum atomic E-state index is -1.42. The van der Waals surface area contributed by atoms with Gasteiger partial charge in [0.25, 0.3) is 5.56 Å². The fraction of sp³-hybridized carbons (Fsp3) is 0.381. The minimum Gasteiger partial charge on any atom is -0.496 e. The van der Waals surface area contributed by atoms with Crippen LogP contribution in [0.2, 0.25) is 0 Å². The number of methoxy groups -OCH3 is 1. The fourth-order valence-electron chi connectivity index (χ4n) is 3.26. The molecule has 148 valence electrons. The summed E-state index contributed by atoms with van der Waals surface area (Å²) in [4.78, 5) is 30.8. The molecule has 0 saturated heterocycles. The van der Waals surface area contributed by atoms with Crippen molar-refractivity contribution in [2.75, 3.05) is 7.11 Å². The number of nitrogens with zero attached hydrogens (tertiary/aromatic N) is 2. The van der Waals surface area contributed by atoms with Crippen LogP contribution in [-0.2, 0) is 10.3 Å². The molecular formula is C21H24N2O4S. The van der Waals surface area contributed by atoms with Crippen LogP contribution in [0.3, 0.4) is 0 Å². The summed E-state index contributed by atoms with van der Waals surface area (Å²) in [6.07, 6.45) is 0. The largest absolute Gasteiger partial charge is 0.496 e. The van der Waals surface area contributed by atoms with Crippen LogP contribution in [0.15, 0.2) is 28.4 Å². The molecule has 3 aromatic rings. The minimum absolute atomic E-state index is 0.102. The summed E-state index contributed by atoms with van der Waals surface area (Å²) >= 11 is 1.38. The van der Waals surface area contributed by atoms with Crippen LogP contribution < -0.4 is 10.3 Å². The van der Waals surface area contributed by atoms with E-state index in [4.69, 9.17) is 4.74 Å². The first-order chi connectivity index (χ1) is 13.1. The number of rotatable bonds is 5. The predicted molar refractivity (Wildman–Crippen MR) is 112 cm³/mol. The molecule has 0 aliphatic carbocycles. The highest BCUT2D eigenvalue weighted by Crippen LogP contribution is 2.38. The van der Waals surface area contributed by atoms with Gasteiger partial charge in [0.1, 0.15) is 21.9 Å². The Morgan fingerprint density at radius 3 is 2.54 bits per heavy atom. The zero-order chi connectivity index (χ0) is 20.8. The number of carbonyl (C=O) groups is 1. The summed E-state index contributed by atoms with van der Waals surface area (Å²) < 4.78 is 6.81. The van der Waals surface area contributed by atoms with Gasteiger partial charge in [-0.3, -0.25) is 9.36 Å². The van der Waals surface area contributed by atoms with Crippen molar-refractivity contribution in [3.63, 3.8) is 0 Å². The van der Waals surface area contributed by atoms with Crippen molar-refractivity contribution in [2.24, 2.45) is 0 Å². The van der Waals surface area contributed by atoms with E-state index < -0.39 is 11.5 Å². The summed E-state index contributed by atoms with van der Waals surface area (Å²) in [6, 6.07) is 5.77. The second-order valence-corrected chi connectivity index (χ2v) is 8.52. The quantitative estimate of drug-likeness (QED) is 0.687. The van der Waals surface area contributed by atoms with Crippen LogP contribution in [0.1, 0.15) is 45.0 Å². The molecule has 3 rings (SSSR count). The Balaban J connectivity index is 2.45. The maximum absolute atomic E-state index is 13.6. The van der Waals surface area contributed by atoms with Gasteiger partial charge >= 0.3 is 5.97 Å². The molecule has 0 aliphatic rings. The van der Waals surface area contributed by atoms with E-state index in [1.54, 1.807) is 7.11 Å². The highest BCUT2D eigenvalue weighted by atomic mass is 32.1. The third-order valence-electron chi connectivity index (χ3n) is 4.88. The topological polar surface area (TPSA) is 81.4 Å². The first-order valence-corrected chi connectivity index (χ1v) is 9.90. The average Bonchev–Trinajstić information content (AvgIpc) is 3.05. The summed E-state index contributed by atoms with van der Waals surface area (Å²) in [7, 11) is 1.59. The second kappa shape index (κ2) is 7.05. The third kappa shape index (κ3) is 3.09. The molecule has 1 aromatic carbocycles. The normalized spacial score (nSPS) is 12.0. The summed E-state index contributed by atoms with van der Waals surface area (Å²) in [5.74, 6) is -0.0615. The number of thiophene rings is 1. The standard InChI is InChI=1S/C21H24N2O4S/c1-11(2)17-22-18-16(19(24)23(17)21(4,5)20(25)26)14(10-28-18)13-9-12(3)7-8-15(13)27-6/h7-11H,1-6H3,(H,25,26). The van der Waals surface area contributed by atoms with Crippen LogP contribution in [0, 0.1) is 6.92 Å². The van der Waals surface area contributed by atoms with Gasteiger partial charge in [-0.2, -0.15) is 0 Å². The van der Waals surface area contributed by atoms with Crippen LogP contribution in [-0.4, -0.2) is 27.7 Å². The highest BCUT2D eigenvalue weighted by molar-refractivity contribution is 7.17. The van der Waals surface area contributed by atoms with Crippen molar-refractivity contribution in [2.45, 2.75) is 46.1 Å². The zero-order valence-corrected chi connectivity index (χ0v) is 17.7. The zero-order valence-electron chi connectivity index (χ0n) is 16.9. The molecule has 2 heterocycles. The lowest BCUT2D eigenvalue weighted by Crippen LogP contribution is -2.45. The molecule has 2 aromatic heterocycles. The van der Waals surface area contributed by atoms with E-state index in [1.165, 1.54) is 29.8 Å². The van der Waals surface area contributed by atoms with Crippen molar-refractivity contribution < 1.29 is 14.6 Å². The molecule has 0 aliphatic heterocycles. The molecule has 1 N–H and O–H groups in total. The lowest BCUT2D eigenvalue weighted by molar-refractivity contribution is -0.146. The van der Waals surface area contributed by atoms with Gasteiger partial charge in [-0.15, -0.1) is 11.3 Å². The number of ether oxygens (including phenoxy) is 1. The molecule has 28 heavy (non-hydrogen) atoms. The van der Waals surface area contributed by atoms with E-state index in [-0.39, 0.29) is 11.5 Å². The van der Waals surface area contributed by atoms with Crippen molar-refractivity contribution in [3.05, 3.63) is 45.3 Å². The van der Waals surface area contributed by atoms with Gasteiger partial charge in [0.15, 0.2) is 0 Å². The molecule has 0 unspecified atom stereocenters. The number of benzene rings is 1. The van der Waals surface area contributed by atoms with Gasteiger partial charge in [-0.1, -0.05) is 25.5 Å². The Morgan fingerprint density at radius 2 is 1.96 bits per heavy atom. The molecule has 0 radical (unpaired) electrons. The van der Waals surface area contributed by atoms with E-state index in [9.17, 15) is 14.7 Å². The SMILES string of the molecule is COc1ccc(C)cc1-c1csc2nc(C(C)C)n(C(C)(C)C(=O)O)c(=O)c12. The number of carboxylic acid groups (broad SMARTS) is 1. The van der Waals surface area contributed by atoms with E-state index in [0.29, 0.717) is 27.4 Å². The number of carboxylic acids is 1. The summed E-state index contributed by atoms with van der Waals surface area (Å²) in [6.45, 7) is 8.82. The Bertz CT molecular complexity index is 1130. The smallest absolute Gasteiger partial charge is 0.329 e. The number of aliphatic carboxylic acids is 1. The van der Waals surface area contributed by atoms with E-state index in [0.717, 1.165) is 11.1 Å². The van der Waals surface area contributed by atoms with Crippen molar-refractivity contribution in [1.82, 2.24) is 9.55 Å². The fourth-order valence-corrected chi connectivity index (χ4v) is 4.20. The lowest BCUT2D eigenvalue weighted by Gasteiger charge is -2.27. The van der Waals surface area contributed by atoms with Gasteiger partial charge in [0.05, 0.1) is 12.5 Å². The van der Waals surface area contributed by atoms with E-state index >= 15 is 0 Å². The second-order valence-electron chi connectivity index (χ2n) is 7.66. The maximum Gasteiger partial charge on any atom is 0.329 e. The summed E-state index contributed by atoms with van der Waals surface area (Å²) in [5.41, 5.74) is 0.773. The maximum atomic E-state index is 13.6. The Morgan fingerprint density at radius 1 is 1.29 bits per heavy atom. The molecule has 0 fully saturated rings.